The Hall–Kier alpha value is -3.32. The fraction of sp³-hybridized carbons (Fsp3) is 0.448. The van der Waals surface area contributed by atoms with Gasteiger partial charge < -0.3 is 19.3 Å². The number of benzene rings is 2. The number of likely N-dealkylation sites (tertiary alicyclic amines) is 1. The van der Waals surface area contributed by atoms with Crippen molar-refractivity contribution in [2.24, 2.45) is 0 Å². The molecule has 2 saturated heterocycles. The number of para-hydroxylation sites is 1. The van der Waals surface area contributed by atoms with Gasteiger partial charge in [-0.3, -0.25) is 4.57 Å². The van der Waals surface area contributed by atoms with Gasteiger partial charge in [0.05, 0.1) is 24.8 Å². The van der Waals surface area contributed by atoms with E-state index in [9.17, 15) is 0 Å². The van der Waals surface area contributed by atoms with E-state index >= 15 is 0 Å². The maximum atomic E-state index is 6.25. The number of hydrogen-bond donors (Lipinski definition) is 0. The minimum absolute atomic E-state index is 0.664. The van der Waals surface area contributed by atoms with Crippen molar-refractivity contribution in [3.8, 4) is 17.4 Å². The summed E-state index contributed by atoms with van der Waals surface area (Å²) >= 11 is 0. The first-order chi connectivity index (χ1) is 17.8. The number of hydrogen-bond acceptors (Lipinski definition) is 6. The van der Waals surface area contributed by atoms with Crippen molar-refractivity contribution in [1.82, 2.24) is 19.4 Å². The number of aromatic nitrogens is 3. The zero-order valence-electron chi connectivity index (χ0n) is 21.2. The third kappa shape index (κ3) is 4.60. The second-order valence-electron chi connectivity index (χ2n) is 9.91. The second kappa shape index (κ2) is 10.3. The molecule has 0 spiro atoms. The topological polar surface area (TPSA) is 55.6 Å². The van der Waals surface area contributed by atoms with Gasteiger partial charge in [-0.1, -0.05) is 18.2 Å². The monoisotopic (exact) mass is 485 g/mol. The molecule has 0 amide bonds. The zero-order chi connectivity index (χ0) is 24.3. The molecule has 2 aliphatic rings. The Morgan fingerprint density at radius 3 is 2.50 bits per heavy atom. The Kier molecular flexibility index (Phi) is 6.64. The highest BCUT2D eigenvalue weighted by atomic mass is 16.5. The molecule has 6 rings (SSSR count). The number of nitrogens with zero attached hydrogens (tertiary/aromatic N) is 5. The molecule has 2 aromatic carbocycles. The van der Waals surface area contributed by atoms with Gasteiger partial charge in [0, 0.05) is 42.7 Å². The van der Waals surface area contributed by atoms with Crippen LogP contribution in [-0.4, -0.2) is 65.9 Å². The van der Waals surface area contributed by atoms with Crippen LogP contribution in [0.2, 0.25) is 0 Å². The van der Waals surface area contributed by atoms with E-state index in [2.05, 4.69) is 57.0 Å². The van der Waals surface area contributed by atoms with Crippen LogP contribution in [0.15, 0.2) is 48.7 Å². The van der Waals surface area contributed by atoms with Gasteiger partial charge >= 0.3 is 0 Å². The van der Waals surface area contributed by atoms with Gasteiger partial charge in [-0.15, -0.1) is 0 Å². The molecule has 7 heteroatoms. The highest BCUT2D eigenvalue weighted by molar-refractivity contribution is 5.93. The smallest absolute Gasteiger partial charge is 0.236 e. The van der Waals surface area contributed by atoms with E-state index in [1.54, 1.807) is 7.11 Å². The molecule has 2 fully saturated rings. The normalized spacial score (nSPS) is 16.8. The van der Waals surface area contributed by atoms with Gasteiger partial charge in [0.15, 0.2) is 11.5 Å². The molecule has 7 nitrogen and oxygen atoms in total. The van der Waals surface area contributed by atoms with Crippen molar-refractivity contribution in [1.29, 1.82) is 0 Å². The van der Waals surface area contributed by atoms with E-state index in [0.29, 0.717) is 12.6 Å². The van der Waals surface area contributed by atoms with Crippen LogP contribution in [0.5, 0.6) is 11.5 Å². The van der Waals surface area contributed by atoms with Crippen molar-refractivity contribution in [3.63, 3.8) is 0 Å². The van der Waals surface area contributed by atoms with Gasteiger partial charge in [0.1, 0.15) is 5.82 Å². The summed E-state index contributed by atoms with van der Waals surface area (Å²) < 4.78 is 14.1. The lowest BCUT2D eigenvalue weighted by atomic mass is 10.1. The highest BCUT2D eigenvalue weighted by Gasteiger charge is 2.21. The maximum Gasteiger partial charge on any atom is 0.236 e. The Morgan fingerprint density at radius 2 is 1.67 bits per heavy atom. The lowest BCUT2D eigenvalue weighted by molar-refractivity contribution is 0.254. The molecule has 2 aliphatic heterocycles. The molecule has 0 saturated carbocycles. The molecule has 0 N–H and O–H groups in total. The van der Waals surface area contributed by atoms with Crippen molar-refractivity contribution in [2.75, 3.05) is 51.3 Å². The van der Waals surface area contributed by atoms with E-state index in [1.807, 2.05) is 6.07 Å². The summed E-state index contributed by atoms with van der Waals surface area (Å²) in [5, 5.41) is 2.19. The van der Waals surface area contributed by atoms with Crippen LogP contribution in [-0.2, 0) is 0 Å². The van der Waals surface area contributed by atoms with Gasteiger partial charge in [0.2, 0.25) is 5.95 Å². The molecule has 0 aliphatic carbocycles. The van der Waals surface area contributed by atoms with Gasteiger partial charge in [-0.05, 0) is 69.8 Å². The van der Waals surface area contributed by atoms with Crippen LogP contribution < -0.4 is 14.4 Å². The van der Waals surface area contributed by atoms with Gasteiger partial charge in [0.25, 0.3) is 0 Å². The first-order valence-corrected chi connectivity index (χ1v) is 13.4. The van der Waals surface area contributed by atoms with Crippen LogP contribution in [0.25, 0.3) is 27.8 Å². The second-order valence-corrected chi connectivity index (χ2v) is 9.91. The van der Waals surface area contributed by atoms with E-state index in [0.717, 1.165) is 59.8 Å². The van der Waals surface area contributed by atoms with Gasteiger partial charge in [-0.2, -0.15) is 4.98 Å². The number of anilines is 1. The first kappa shape index (κ1) is 23.1. The standard InChI is InChI=1S/C29H35N5O2/c1-35-26-20-23-24(21-27(26)36-19-9-15-32-13-7-8-14-32)30-29(31-28(23)33-16-5-2-6-17-33)34-18-12-22-10-3-4-11-25(22)34/h3-4,10-12,18,20-21H,2,5-9,13-17,19H2,1H3. The van der Waals surface area contributed by atoms with Crippen LogP contribution in [0.3, 0.4) is 0 Å². The first-order valence-electron chi connectivity index (χ1n) is 13.4. The van der Waals surface area contributed by atoms with E-state index in [1.165, 1.54) is 50.6 Å². The van der Waals surface area contributed by atoms with E-state index in [-0.39, 0.29) is 0 Å². The van der Waals surface area contributed by atoms with Crippen LogP contribution >= 0.6 is 0 Å². The van der Waals surface area contributed by atoms with Crippen LogP contribution in [0.4, 0.5) is 5.82 Å². The largest absolute Gasteiger partial charge is 0.493 e. The average Bonchev–Trinajstić information content (AvgIpc) is 3.61. The summed E-state index contributed by atoms with van der Waals surface area (Å²) in [5.74, 6) is 3.16. The summed E-state index contributed by atoms with van der Waals surface area (Å²) in [6.07, 6.45) is 9.34. The van der Waals surface area contributed by atoms with Crippen molar-refractivity contribution >= 4 is 27.6 Å². The molecule has 4 aromatic rings. The summed E-state index contributed by atoms with van der Waals surface area (Å²) in [7, 11) is 1.71. The molecular formula is C29H35N5O2. The number of piperidine rings is 1. The lowest BCUT2D eigenvalue weighted by Gasteiger charge is -2.29. The summed E-state index contributed by atoms with van der Waals surface area (Å²) in [6.45, 7) is 6.20. The Balaban J connectivity index is 1.38. The summed E-state index contributed by atoms with van der Waals surface area (Å²) in [5.41, 5.74) is 1.99. The molecule has 0 bridgehead atoms. The Bertz CT molecular complexity index is 1340. The third-order valence-electron chi connectivity index (χ3n) is 7.49. The SMILES string of the molecule is COc1cc2c(N3CCCCC3)nc(-n3ccc4ccccc43)nc2cc1OCCCN1CCCC1. The zero-order valence-corrected chi connectivity index (χ0v) is 21.2. The quantitative estimate of drug-likeness (QED) is 0.310. The van der Waals surface area contributed by atoms with E-state index in [4.69, 9.17) is 19.4 Å². The molecule has 188 valence electrons. The summed E-state index contributed by atoms with van der Waals surface area (Å²) in [4.78, 5) is 15.1. The third-order valence-corrected chi connectivity index (χ3v) is 7.49. The maximum absolute atomic E-state index is 6.25. The fourth-order valence-electron chi connectivity index (χ4n) is 5.57. The molecule has 0 atom stereocenters. The van der Waals surface area contributed by atoms with Crippen molar-refractivity contribution in [3.05, 3.63) is 48.7 Å². The van der Waals surface area contributed by atoms with Gasteiger partial charge in [-0.25, -0.2) is 4.98 Å². The Labute approximate surface area is 212 Å². The predicted molar refractivity (Wildman–Crippen MR) is 145 cm³/mol. The highest BCUT2D eigenvalue weighted by Crippen LogP contribution is 2.37. The summed E-state index contributed by atoms with van der Waals surface area (Å²) in [6, 6.07) is 14.6. The van der Waals surface area contributed by atoms with Crippen LogP contribution in [0.1, 0.15) is 38.5 Å². The van der Waals surface area contributed by atoms with Crippen molar-refractivity contribution in [2.45, 2.75) is 38.5 Å². The molecule has 2 aromatic heterocycles. The number of ether oxygens (including phenoxy) is 2. The van der Waals surface area contributed by atoms with Crippen LogP contribution in [0, 0.1) is 0 Å². The molecule has 4 heterocycles. The molecule has 36 heavy (non-hydrogen) atoms. The lowest BCUT2D eigenvalue weighted by Crippen LogP contribution is -2.30. The van der Waals surface area contributed by atoms with Crippen molar-refractivity contribution < 1.29 is 9.47 Å². The number of methoxy groups -OCH3 is 1. The number of rotatable bonds is 8. The fourth-order valence-corrected chi connectivity index (χ4v) is 5.57. The minimum atomic E-state index is 0.664. The predicted octanol–water partition coefficient (Wildman–Crippen LogP) is 5.44. The molecule has 0 radical (unpaired) electrons. The molecule has 0 unspecified atom stereocenters. The minimum Gasteiger partial charge on any atom is -0.493 e. The van der Waals surface area contributed by atoms with E-state index < -0.39 is 0 Å². The Morgan fingerprint density at radius 1 is 0.861 bits per heavy atom. The average molecular weight is 486 g/mol. The molecular weight excluding hydrogens is 450 g/mol. The number of fused-ring (bicyclic) bond motifs is 2.